The van der Waals surface area contributed by atoms with Crippen LogP contribution >= 0.6 is 0 Å². The zero-order chi connectivity index (χ0) is 18.7. The molecule has 8 heteroatoms. The Hall–Kier alpha value is -2.35. The van der Waals surface area contributed by atoms with Gasteiger partial charge in [0.15, 0.2) is 5.96 Å². The highest BCUT2D eigenvalue weighted by Crippen LogP contribution is 2.23. The lowest BCUT2D eigenvalue weighted by molar-refractivity contribution is -0.00808. The topological polar surface area (TPSA) is 80.7 Å². The predicted molar refractivity (Wildman–Crippen MR) is 98.9 cm³/mol. The molecule has 0 bridgehead atoms. The van der Waals surface area contributed by atoms with Gasteiger partial charge in [-0.1, -0.05) is 20.8 Å². The Morgan fingerprint density at radius 2 is 2.19 bits per heavy atom. The SMILES string of the molecule is CN=C(NCc1ncc(C(C)(C)C)o1)N1CCOC(c2cnn(C)c2)C1. The van der Waals surface area contributed by atoms with Crippen molar-refractivity contribution in [1.82, 2.24) is 25.0 Å². The van der Waals surface area contributed by atoms with Crippen molar-refractivity contribution in [3.05, 3.63) is 35.8 Å². The van der Waals surface area contributed by atoms with Crippen molar-refractivity contribution in [2.24, 2.45) is 12.0 Å². The van der Waals surface area contributed by atoms with Gasteiger partial charge in [-0.2, -0.15) is 5.10 Å². The molecule has 0 aliphatic carbocycles. The molecular formula is C18H28N6O2. The van der Waals surface area contributed by atoms with E-state index in [4.69, 9.17) is 9.15 Å². The molecule has 0 aromatic carbocycles. The summed E-state index contributed by atoms with van der Waals surface area (Å²) in [5, 5.41) is 7.57. The first-order chi connectivity index (χ1) is 12.4. The number of nitrogens with zero attached hydrogens (tertiary/aromatic N) is 5. The summed E-state index contributed by atoms with van der Waals surface area (Å²) in [6.45, 7) is 8.98. The van der Waals surface area contributed by atoms with Crippen LogP contribution in [-0.2, 0) is 23.7 Å². The van der Waals surface area contributed by atoms with E-state index in [1.807, 2.05) is 19.4 Å². The number of aliphatic imine (C=N–C) groups is 1. The number of oxazole rings is 1. The molecule has 2 aromatic rings. The smallest absolute Gasteiger partial charge is 0.213 e. The highest BCUT2D eigenvalue weighted by molar-refractivity contribution is 5.79. The summed E-state index contributed by atoms with van der Waals surface area (Å²) in [6.07, 6.45) is 5.63. The number of morpholine rings is 1. The van der Waals surface area contributed by atoms with Crippen LogP contribution in [0.3, 0.4) is 0 Å². The van der Waals surface area contributed by atoms with E-state index in [9.17, 15) is 0 Å². The molecule has 3 rings (SSSR count). The van der Waals surface area contributed by atoms with E-state index in [1.165, 1.54) is 0 Å². The molecule has 2 aromatic heterocycles. The van der Waals surface area contributed by atoms with Crippen LogP contribution in [0.15, 0.2) is 28.0 Å². The average molecular weight is 360 g/mol. The molecule has 0 amide bonds. The first kappa shape index (κ1) is 18.4. The second-order valence-electron chi connectivity index (χ2n) is 7.52. The molecule has 1 aliphatic heterocycles. The summed E-state index contributed by atoms with van der Waals surface area (Å²) in [5.74, 6) is 2.36. The Kier molecular flexibility index (Phi) is 5.31. The Labute approximate surface area is 154 Å². The Bertz CT molecular complexity index is 758. The number of aryl methyl sites for hydroxylation is 1. The molecule has 8 nitrogen and oxygen atoms in total. The molecule has 1 unspecified atom stereocenters. The van der Waals surface area contributed by atoms with E-state index < -0.39 is 0 Å². The van der Waals surface area contributed by atoms with E-state index in [1.54, 1.807) is 17.9 Å². The summed E-state index contributed by atoms with van der Waals surface area (Å²) in [5.41, 5.74) is 1.03. The van der Waals surface area contributed by atoms with E-state index in [0.29, 0.717) is 19.0 Å². The zero-order valence-corrected chi connectivity index (χ0v) is 16.2. The lowest BCUT2D eigenvalue weighted by atomic mass is 9.94. The van der Waals surface area contributed by atoms with Crippen molar-refractivity contribution in [3.63, 3.8) is 0 Å². The number of hydrogen-bond donors (Lipinski definition) is 1. The molecule has 1 N–H and O–H groups in total. The summed E-state index contributed by atoms with van der Waals surface area (Å²) in [4.78, 5) is 11.0. The standard InChI is InChI=1S/C18H28N6O2/c1-18(2,3)15-9-20-16(26-15)10-21-17(19-4)24-6-7-25-14(12-24)13-8-22-23(5)11-13/h8-9,11,14H,6-7,10,12H2,1-5H3,(H,19,21). The van der Waals surface area contributed by atoms with Crippen LogP contribution in [-0.4, -0.2) is 52.4 Å². The predicted octanol–water partition coefficient (Wildman–Crippen LogP) is 1.85. The normalized spacial score (nSPS) is 19.0. The van der Waals surface area contributed by atoms with Crippen LogP contribution in [0.4, 0.5) is 0 Å². The molecule has 1 fully saturated rings. The van der Waals surface area contributed by atoms with Gasteiger partial charge in [0.25, 0.3) is 0 Å². The van der Waals surface area contributed by atoms with Gasteiger partial charge in [-0.15, -0.1) is 0 Å². The van der Waals surface area contributed by atoms with Gasteiger partial charge in [0.1, 0.15) is 11.9 Å². The zero-order valence-electron chi connectivity index (χ0n) is 16.2. The molecule has 0 radical (unpaired) electrons. The van der Waals surface area contributed by atoms with Gasteiger partial charge in [0.2, 0.25) is 5.89 Å². The maximum absolute atomic E-state index is 5.90. The quantitative estimate of drug-likeness (QED) is 0.665. The fraction of sp³-hybridized carbons (Fsp3) is 0.611. The third-order valence-corrected chi connectivity index (χ3v) is 4.36. The molecule has 1 atom stereocenters. The van der Waals surface area contributed by atoms with Gasteiger partial charge in [0, 0.05) is 37.8 Å². The second kappa shape index (κ2) is 7.49. The van der Waals surface area contributed by atoms with Gasteiger partial charge < -0.3 is 19.4 Å². The van der Waals surface area contributed by atoms with E-state index in [-0.39, 0.29) is 11.5 Å². The second-order valence-corrected chi connectivity index (χ2v) is 7.52. The number of ether oxygens (including phenoxy) is 1. The van der Waals surface area contributed by atoms with Crippen molar-refractivity contribution in [3.8, 4) is 0 Å². The van der Waals surface area contributed by atoms with Gasteiger partial charge in [-0.05, 0) is 0 Å². The van der Waals surface area contributed by atoms with Crippen molar-refractivity contribution < 1.29 is 9.15 Å². The summed E-state index contributed by atoms with van der Waals surface area (Å²) < 4.78 is 13.5. The van der Waals surface area contributed by atoms with E-state index >= 15 is 0 Å². The largest absolute Gasteiger partial charge is 0.443 e. The monoisotopic (exact) mass is 360 g/mol. The number of guanidine groups is 1. The minimum Gasteiger partial charge on any atom is -0.443 e. The molecule has 26 heavy (non-hydrogen) atoms. The first-order valence-electron chi connectivity index (χ1n) is 8.87. The lowest BCUT2D eigenvalue weighted by Crippen LogP contribution is -2.47. The Morgan fingerprint density at radius 1 is 1.38 bits per heavy atom. The molecule has 142 valence electrons. The molecule has 1 aliphatic rings. The summed E-state index contributed by atoms with van der Waals surface area (Å²) in [6, 6.07) is 0. The number of hydrogen-bond acceptors (Lipinski definition) is 5. The van der Waals surface area contributed by atoms with Crippen LogP contribution in [0.25, 0.3) is 0 Å². The van der Waals surface area contributed by atoms with Crippen LogP contribution in [0, 0.1) is 0 Å². The molecule has 3 heterocycles. The van der Waals surface area contributed by atoms with Crippen molar-refractivity contribution in [2.45, 2.75) is 38.8 Å². The van der Waals surface area contributed by atoms with Crippen molar-refractivity contribution >= 4 is 5.96 Å². The van der Waals surface area contributed by atoms with Crippen LogP contribution in [0.2, 0.25) is 0 Å². The average Bonchev–Trinajstić information content (AvgIpc) is 3.24. The van der Waals surface area contributed by atoms with E-state index in [0.717, 1.165) is 30.4 Å². The first-order valence-corrected chi connectivity index (χ1v) is 8.87. The molecule has 0 spiro atoms. The van der Waals surface area contributed by atoms with Gasteiger partial charge in [-0.3, -0.25) is 9.67 Å². The maximum Gasteiger partial charge on any atom is 0.213 e. The highest BCUT2D eigenvalue weighted by Gasteiger charge is 2.25. The molecule has 1 saturated heterocycles. The van der Waals surface area contributed by atoms with Crippen molar-refractivity contribution in [2.75, 3.05) is 26.7 Å². The Balaban J connectivity index is 1.61. The lowest BCUT2D eigenvalue weighted by Gasteiger charge is -2.34. The number of rotatable bonds is 3. The number of aromatic nitrogens is 3. The summed E-state index contributed by atoms with van der Waals surface area (Å²) >= 11 is 0. The van der Waals surface area contributed by atoms with Gasteiger partial charge in [0.05, 0.1) is 32.1 Å². The maximum atomic E-state index is 5.90. The molecular weight excluding hydrogens is 332 g/mol. The fourth-order valence-electron chi connectivity index (χ4n) is 2.88. The van der Waals surface area contributed by atoms with E-state index in [2.05, 4.69) is 46.1 Å². The minimum atomic E-state index is -0.0475. The van der Waals surface area contributed by atoms with Crippen LogP contribution < -0.4 is 5.32 Å². The number of nitrogens with one attached hydrogen (secondary N) is 1. The third-order valence-electron chi connectivity index (χ3n) is 4.36. The van der Waals surface area contributed by atoms with Crippen LogP contribution in [0.1, 0.15) is 44.1 Å². The Morgan fingerprint density at radius 3 is 2.81 bits per heavy atom. The third kappa shape index (κ3) is 4.24. The fourth-order valence-corrected chi connectivity index (χ4v) is 2.88. The highest BCUT2D eigenvalue weighted by atomic mass is 16.5. The van der Waals surface area contributed by atoms with Gasteiger partial charge >= 0.3 is 0 Å². The molecule has 0 saturated carbocycles. The van der Waals surface area contributed by atoms with Gasteiger partial charge in [-0.25, -0.2) is 4.98 Å². The van der Waals surface area contributed by atoms with Crippen molar-refractivity contribution in [1.29, 1.82) is 0 Å². The minimum absolute atomic E-state index is 0.00905. The summed E-state index contributed by atoms with van der Waals surface area (Å²) in [7, 11) is 3.69. The van der Waals surface area contributed by atoms with Crippen LogP contribution in [0.5, 0.6) is 0 Å².